The molecule has 5 nitrogen and oxygen atoms in total. The molecule has 0 spiro atoms. The number of carbonyl (C=O) groups excluding carboxylic acids is 1. The second-order valence-electron chi connectivity index (χ2n) is 4.72. The molecule has 1 aromatic heterocycles. The molecule has 1 amide bonds. The number of aromatic nitrogens is 1. The molecule has 5 heteroatoms. The Bertz CT molecular complexity index is 397. The van der Waals surface area contributed by atoms with Crippen LogP contribution in [0.5, 0.6) is 0 Å². The number of rotatable bonds is 4. The molecule has 0 aliphatic carbocycles. The van der Waals surface area contributed by atoms with Gasteiger partial charge in [0.2, 0.25) is 0 Å². The minimum absolute atomic E-state index is 0.0844. The van der Waals surface area contributed by atoms with Crippen LogP contribution in [0.1, 0.15) is 26.7 Å². The van der Waals surface area contributed by atoms with Gasteiger partial charge >= 0.3 is 0 Å². The van der Waals surface area contributed by atoms with E-state index >= 15 is 0 Å². The zero-order valence-corrected chi connectivity index (χ0v) is 10.8. The van der Waals surface area contributed by atoms with Gasteiger partial charge in [-0.3, -0.25) is 4.79 Å². The molecule has 0 saturated carbocycles. The summed E-state index contributed by atoms with van der Waals surface area (Å²) in [5.41, 5.74) is 0.699. The van der Waals surface area contributed by atoms with Gasteiger partial charge in [0.1, 0.15) is 11.9 Å². The SMILES string of the molecule is CC(C)Nc1ccc(NC(=O)C2CCCO2)cn1. The van der Waals surface area contributed by atoms with Crippen molar-refractivity contribution in [2.24, 2.45) is 0 Å². The fourth-order valence-corrected chi connectivity index (χ4v) is 1.86. The summed E-state index contributed by atoms with van der Waals surface area (Å²) < 4.78 is 5.32. The summed E-state index contributed by atoms with van der Waals surface area (Å²) in [6.07, 6.45) is 3.09. The lowest BCUT2D eigenvalue weighted by Gasteiger charge is -2.12. The van der Waals surface area contributed by atoms with Crippen molar-refractivity contribution in [2.75, 3.05) is 17.2 Å². The first-order chi connectivity index (χ1) is 8.65. The number of hydrogen-bond acceptors (Lipinski definition) is 4. The highest BCUT2D eigenvalue weighted by molar-refractivity contribution is 5.94. The number of carbonyl (C=O) groups is 1. The maximum atomic E-state index is 11.8. The van der Waals surface area contributed by atoms with Crippen molar-refractivity contribution in [3.63, 3.8) is 0 Å². The molecule has 2 heterocycles. The first-order valence-corrected chi connectivity index (χ1v) is 6.30. The molecule has 1 atom stereocenters. The van der Waals surface area contributed by atoms with Crippen LogP contribution in [0.15, 0.2) is 18.3 Å². The van der Waals surface area contributed by atoms with E-state index in [1.165, 1.54) is 0 Å². The number of nitrogens with one attached hydrogen (secondary N) is 2. The second kappa shape index (κ2) is 5.82. The van der Waals surface area contributed by atoms with E-state index in [1.54, 1.807) is 6.20 Å². The average Bonchev–Trinajstić information content (AvgIpc) is 2.84. The number of amides is 1. The van der Waals surface area contributed by atoms with Crippen LogP contribution in [-0.2, 0) is 9.53 Å². The highest BCUT2D eigenvalue weighted by atomic mass is 16.5. The van der Waals surface area contributed by atoms with E-state index in [0.29, 0.717) is 18.3 Å². The maximum absolute atomic E-state index is 11.8. The van der Waals surface area contributed by atoms with Crippen LogP contribution in [0, 0.1) is 0 Å². The summed E-state index contributed by atoms with van der Waals surface area (Å²) in [5, 5.41) is 6.00. The van der Waals surface area contributed by atoms with Crippen LogP contribution in [-0.4, -0.2) is 29.6 Å². The molecule has 2 rings (SSSR count). The molecule has 1 aliphatic heterocycles. The zero-order valence-electron chi connectivity index (χ0n) is 10.8. The zero-order chi connectivity index (χ0) is 13.0. The van der Waals surface area contributed by atoms with Crippen LogP contribution < -0.4 is 10.6 Å². The van der Waals surface area contributed by atoms with Crippen LogP contribution in [0.25, 0.3) is 0 Å². The summed E-state index contributed by atoms with van der Waals surface area (Å²) in [4.78, 5) is 16.0. The van der Waals surface area contributed by atoms with E-state index in [-0.39, 0.29) is 12.0 Å². The van der Waals surface area contributed by atoms with Crippen molar-refractivity contribution < 1.29 is 9.53 Å². The molecule has 1 aromatic rings. The fourth-order valence-electron chi connectivity index (χ4n) is 1.86. The molecule has 98 valence electrons. The van der Waals surface area contributed by atoms with Gasteiger partial charge in [0, 0.05) is 12.6 Å². The normalized spacial score (nSPS) is 18.9. The molecular formula is C13H19N3O2. The number of anilines is 2. The Morgan fingerprint density at radius 2 is 2.33 bits per heavy atom. The summed E-state index contributed by atoms with van der Waals surface area (Å²) in [7, 11) is 0. The van der Waals surface area contributed by atoms with Crippen LogP contribution in [0.2, 0.25) is 0 Å². The molecule has 1 saturated heterocycles. The standard InChI is InChI=1S/C13H19N3O2/c1-9(2)15-12-6-5-10(8-14-12)16-13(17)11-4-3-7-18-11/h5-6,8-9,11H,3-4,7H2,1-2H3,(H,14,15)(H,16,17). The van der Waals surface area contributed by atoms with Crippen molar-refractivity contribution in [1.29, 1.82) is 0 Å². The van der Waals surface area contributed by atoms with E-state index in [4.69, 9.17) is 4.74 Å². The van der Waals surface area contributed by atoms with Crippen LogP contribution in [0.4, 0.5) is 11.5 Å². The first-order valence-electron chi connectivity index (χ1n) is 6.30. The summed E-state index contributed by atoms with van der Waals surface area (Å²) in [5.74, 6) is 0.721. The Balaban J connectivity index is 1.91. The molecular weight excluding hydrogens is 230 g/mol. The van der Waals surface area contributed by atoms with Gasteiger partial charge in [0.15, 0.2) is 0 Å². The molecule has 1 fully saturated rings. The summed E-state index contributed by atoms with van der Waals surface area (Å²) >= 11 is 0. The molecule has 0 bridgehead atoms. The maximum Gasteiger partial charge on any atom is 0.253 e. The van der Waals surface area contributed by atoms with Crippen molar-refractivity contribution in [2.45, 2.75) is 38.8 Å². The third-order valence-electron chi connectivity index (χ3n) is 2.69. The quantitative estimate of drug-likeness (QED) is 0.857. The van der Waals surface area contributed by atoms with Crippen molar-refractivity contribution in [1.82, 2.24) is 4.98 Å². The monoisotopic (exact) mass is 249 g/mol. The third-order valence-corrected chi connectivity index (χ3v) is 2.69. The summed E-state index contributed by atoms with van der Waals surface area (Å²) in [6.45, 7) is 4.77. The Morgan fingerprint density at radius 3 is 2.89 bits per heavy atom. The van der Waals surface area contributed by atoms with Crippen molar-refractivity contribution in [3.05, 3.63) is 18.3 Å². The Labute approximate surface area is 107 Å². The highest BCUT2D eigenvalue weighted by Gasteiger charge is 2.23. The van der Waals surface area contributed by atoms with Crippen LogP contribution >= 0.6 is 0 Å². The Hall–Kier alpha value is -1.62. The van der Waals surface area contributed by atoms with E-state index in [2.05, 4.69) is 29.5 Å². The van der Waals surface area contributed by atoms with E-state index in [9.17, 15) is 4.79 Å². The van der Waals surface area contributed by atoms with Gasteiger partial charge in [-0.15, -0.1) is 0 Å². The van der Waals surface area contributed by atoms with Gasteiger partial charge in [-0.1, -0.05) is 0 Å². The topological polar surface area (TPSA) is 63.2 Å². The van der Waals surface area contributed by atoms with E-state index < -0.39 is 0 Å². The fraction of sp³-hybridized carbons (Fsp3) is 0.538. The second-order valence-corrected chi connectivity index (χ2v) is 4.72. The molecule has 2 N–H and O–H groups in total. The average molecular weight is 249 g/mol. The van der Waals surface area contributed by atoms with Crippen molar-refractivity contribution >= 4 is 17.4 Å². The van der Waals surface area contributed by atoms with Crippen LogP contribution in [0.3, 0.4) is 0 Å². The van der Waals surface area contributed by atoms with Gasteiger partial charge < -0.3 is 15.4 Å². The summed E-state index contributed by atoms with van der Waals surface area (Å²) in [6, 6.07) is 4.03. The molecule has 0 radical (unpaired) electrons. The Morgan fingerprint density at radius 1 is 1.50 bits per heavy atom. The third kappa shape index (κ3) is 3.43. The Kier molecular flexibility index (Phi) is 4.15. The first kappa shape index (κ1) is 12.8. The molecule has 1 unspecified atom stereocenters. The predicted molar refractivity (Wildman–Crippen MR) is 70.6 cm³/mol. The molecule has 0 aromatic carbocycles. The molecule has 18 heavy (non-hydrogen) atoms. The largest absolute Gasteiger partial charge is 0.368 e. The minimum atomic E-state index is -0.307. The van der Waals surface area contributed by atoms with Gasteiger partial charge in [0.25, 0.3) is 5.91 Å². The molecule has 1 aliphatic rings. The predicted octanol–water partition coefficient (Wildman–Crippen LogP) is 2.02. The number of pyridine rings is 1. The lowest BCUT2D eigenvalue weighted by atomic mass is 10.2. The highest BCUT2D eigenvalue weighted by Crippen LogP contribution is 2.15. The van der Waals surface area contributed by atoms with Gasteiger partial charge in [0.05, 0.1) is 11.9 Å². The van der Waals surface area contributed by atoms with Gasteiger partial charge in [-0.25, -0.2) is 4.98 Å². The lowest BCUT2D eigenvalue weighted by molar-refractivity contribution is -0.124. The number of hydrogen-bond donors (Lipinski definition) is 2. The van der Waals surface area contributed by atoms with E-state index in [0.717, 1.165) is 18.7 Å². The number of nitrogens with zero attached hydrogens (tertiary/aromatic N) is 1. The van der Waals surface area contributed by atoms with Gasteiger partial charge in [-0.2, -0.15) is 0 Å². The van der Waals surface area contributed by atoms with E-state index in [1.807, 2.05) is 12.1 Å². The smallest absolute Gasteiger partial charge is 0.253 e. The van der Waals surface area contributed by atoms with Gasteiger partial charge in [-0.05, 0) is 38.8 Å². The van der Waals surface area contributed by atoms with Crippen molar-refractivity contribution in [3.8, 4) is 0 Å². The number of ether oxygens (including phenoxy) is 1. The lowest BCUT2D eigenvalue weighted by Crippen LogP contribution is -2.26. The minimum Gasteiger partial charge on any atom is -0.368 e.